The summed E-state index contributed by atoms with van der Waals surface area (Å²) in [5.41, 5.74) is 2.62. The zero-order valence-corrected chi connectivity index (χ0v) is 9.93. The zero-order chi connectivity index (χ0) is 12.5. The van der Waals surface area contributed by atoms with Crippen molar-refractivity contribution in [2.24, 2.45) is 7.05 Å². The van der Waals surface area contributed by atoms with Gasteiger partial charge in [0.1, 0.15) is 6.10 Å². The summed E-state index contributed by atoms with van der Waals surface area (Å²) >= 11 is 0. The van der Waals surface area contributed by atoms with Gasteiger partial charge in [-0.2, -0.15) is 0 Å². The predicted molar refractivity (Wildman–Crippen MR) is 65.7 cm³/mol. The molecule has 0 radical (unpaired) electrons. The lowest BCUT2D eigenvalue weighted by Gasteiger charge is -2.11. The van der Waals surface area contributed by atoms with E-state index in [4.69, 9.17) is 0 Å². The van der Waals surface area contributed by atoms with Crippen molar-refractivity contribution in [2.45, 2.75) is 12.6 Å². The van der Waals surface area contributed by atoms with E-state index in [-0.39, 0.29) is 0 Å². The molecule has 0 saturated carbocycles. The van der Waals surface area contributed by atoms with Crippen LogP contribution in [0.4, 0.5) is 0 Å². The van der Waals surface area contributed by atoms with Gasteiger partial charge in [0.15, 0.2) is 0 Å². The van der Waals surface area contributed by atoms with Crippen LogP contribution in [0.5, 0.6) is 0 Å². The van der Waals surface area contributed by atoms with Crippen LogP contribution in [-0.2, 0) is 13.6 Å². The molecular formula is C12H13N5O. The number of rotatable bonds is 3. The molecule has 1 N–H and O–H groups in total. The van der Waals surface area contributed by atoms with Gasteiger partial charge in [-0.3, -0.25) is 0 Å². The van der Waals surface area contributed by atoms with E-state index in [1.807, 2.05) is 28.8 Å². The molecule has 3 rings (SSSR count). The van der Waals surface area contributed by atoms with Gasteiger partial charge in [0.05, 0.1) is 35.8 Å². The van der Waals surface area contributed by atoms with Gasteiger partial charge in [0.25, 0.3) is 0 Å². The predicted octanol–water partition coefficient (Wildman–Crippen LogP) is 0.898. The standard InChI is InChI=1S/C12H13N5O/c1-16-11(6-14-15-16)12(18)7-17-8-13-9-4-2-3-5-10(9)17/h2-6,8,12,18H,7H2,1H3. The minimum atomic E-state index is -0.650. The summed E-state index contributed by atoms with van der Waals surface area (Å²) in [5.74, 6) is 0. The Bertz CT molecular complexity index is 672. The summed E-state index contributed by atoms with van der Waals surface area (Å²) in [6.45, 7) is 0.432. The minimum absolute atomic E-state index is 0.432. The average molecular weight is 243 g/mol. The van der Waals surface area contributed by atoms with E-state index in [0.717, 1.165) is 11.0 Å². The summed E-state index contributed by atoms with van der Waals surface area (Å²) in [6, 6.07) is 7.83. The monoisotopic (exact) mass is 243 g/mol. The molecule has 0 amide bonds. The van der Waals surface area contributed by atoms with Crippen LogP contribution in [-0.4, -0.2) is 29.7 Å². The summed E-state index contributed by atoms with van der Waals surface area (Å²) in [5, 5.41) is 17.7. The number of hydrogen-bond donors (Lipinski definition) is 1. The van der Waals surface area contributed by atoms with Gasteiger partial charge in [0, 0.05) is 7.05 Å². The van der Waals surface area contributed by atoms with Gasteiger partial charge < -0.3 is 9.67 Å². The van der Waals surface area contributed by atoms with E-state index >= 15 is 0 Å². The summed E-state index contributed by atoms with van der Waals surface area (Å²) in [6.07, 6.45) is 2.66. The Morgan fingerprint density at radius 1 is 1.33 bits per heavy atom. The lowest BCUT2D eigenvalue weighted by atomic mass is 10.2. The highest BCUT2D eigenvalue weighted by Gasteiger charge is 2.14. The van der Waals surface area contributed by atoms with E-state index < -0.39 is 6.10 Å². The molecule has 1 unspecified atom stereocenters. The van der Waals surface area contributed by atoms with E-state index in [1.54, 1.807) is 24.3 Å². The molecule has 0 aliphatic heterocycles. The molecule has 6 nitrogen and oxygen atoms in total. The molecule has 0 aliphatic carbocycles. The quantitative estimate of drug-likeness (QED) is 0.742. The molecule has 0 fully saturated rings. The molecule has 18 heavy (non-hydrogen) atoms. The van der Waals surface area contributed by atoms with Gasteiger partial charge in [-0.05, 0) is 12.1 Å². The number of hydrogen-bond acceptors (Lipinski definition) is 4. The lowest BCUT2D eigenvalue weighted by Crippen LogP contribution is -2.11. The SMILES string of the molecule is Cn1nncc1C(O)Cn1cnc2ccccc21. The number of nitrogens with zero attached hydrogens (tertiary/aromatic N) is 5. The van der Waals surface area contributed by atoms with Crippen LogP contribution in [0.1, 0.15) is 11.8 Å². The fraction of sp³-hybridized carbons (Fsp3) is 0.250. The van der Waals surface area contributed by atoms with Crippen molar-refractivity contribution < 1.29 is 5.11 Å². The molecule has 1 aromatic carbocycles. The first-order chi connectivity index (χ1) is 8.75. The van der Waals surface area contributed by atoms with Crippen LogP contribution in [0, 0.1) is 0 Å². The van der Waals surface area contributed by atoms with Crippen LogP contribution < -0.4 is 0 Å². The summed E-state index contributed by atoms with van der Waals surface area (Å²) < 4.78 is 3.50. The number of aromatic nitrogens is 5. The topological polar surface area (TPSA) is 68.8 Å². The Morgan fingerprint density at radius 2 is 2.17 bits per heavy atom. The van der Waals surface area contributed by atoms with Crippen molar-refractivity contribution in [3.63, 3.8) is 0 Å². The molecule has 0 saturated heterocycles. The molecule has 0 aliphatic rings. The molecule has 2 aromatic heterocycles. The van der Waals surface area contributed by atoms with Gasteiger partial charge in [-0.15, -0.1) is 5.10 Å². The number of aliphatic hydroxyl groups is 1. The van der Waals surface area contributed by atoms with Crippen LogP contribution in [0.3, 0.4) is 0 Å². The number of fused-ring (bicyclic) bond motifs is 1. The smallest absolute Gasteiger partial charge is 0.115 e. The first-order valence-electron chi connectivity index (χ1n) is 5.68. The number of aliphatic hydroxyl groups excluding tert-OH is 1. The fourth-order valence-electron chi connectivity index (χ4n) is 2.03. The van der Waals surface area contributed by atoms with E-state index in [9.17, 15) is 5.11 Å². The number of para-hydroxylation sites is 2. The third-order valence-corrected chi connectivity index (χ3v) is 2.99. The summed E-state index contributed by atoms with van der Waals surface area (Å²) in [7, 11) is 1.76. The van der Waals surface area contributed by atoms with Crippen molar-refractivity contribution in [2.75, 3.05) is 0 Å². The second-order valence-corrected chi connectivity index (χ2v) is 4.18. The third kappa shape index (κ3) is 1.76. The molecular weight excluding hydrogens is 230 g/mol. The van der Waals surface area contributed by atoms with Crippen molar-refractivity contribution >= 4 is 11.0 Å². The largest absolute Gasteiger partial charge is 0.385 e. The minimum Gasteiger partial charge on any atom is -0.385 e. The summed E-state index contributed by atoms with van der Waals surface area (Å²) in [4.78, 5) is 4.29. The van der Waals surface area contributed by atoms with E-state index in [1.165, 1.54) is 0 Å². The maximum atomic E-state index is 10.2. The maximum Gasteiger partial charge on any atom is 0.115 e. The second-order valence-electron chi connectivity index (χ2n) is 4.18. The first-order valence-corrected chi connectivity index (χ1v) is 5.68. The molecule has 1 atom stereocenters. The molecule has 3 aromatic rings. The van der Waals surface area contributed by atoms with Crippen molar-refractivity contribution in [1.82, 2.24) is 24.5 Å². The van der Waals surface area contributed by atoms with E-state index in [2.05, 4.69) is 15.3 Å². The Morgan fingerprint density at radius 3 is 2.94 bits per heavy atom. The normalized spacial score (nSPS) is 13.0. The van der Waals surface area contributed by atoms with Crippen molar-refractivity contribution in [1.29, 1.82) is 0 Å². The Hall–Kier alpha value is -2.21. The number of benzene rings is 1. The van der Waals surface area contributed by atoms with Crippen LogP contribution in [0.15, 0.2) is 36.8 Å². The van der Waals surface area contributed by atoms with Crippen molar-refractivity contribution in [3.8, 4) is 0 Å². The second kappa shape index (κ2) is 4.23. The van der Waals surface area contributed by atoms with Gasteiger partial charge in [0.2, 0.25) is 0 Å². The highest BCUT2D eigenvalue weighted by Crippen LogP contribution is 2.17. The van der Waals surface area contributed by atoms with Crippen LogP contribution in [0.25, 0.3) is 11.0 Å². The molecule has 6 heteroatoms. The van der Waals surface area contributed by atoms with Crippen LogP contribution in [0.2, 0.25) is 0 Å². The van der Waals surface area contributed by atoms with Gasteiger partial charge in [-0.1, -0.05) is 17.3 Å². The maximum absolute atomic E-state index is 10.2. The zero-order valence-electron chi connectivity index (χ0n) is 9.93. The Balaban J connectivity index is 1.91. The molecule has 92 valence electrons. The highest BCUT2D eigenvalue weighted by molar-refractivity contribution is 5.74. The highest BCUT2D eigenvalue weighted by atomic mass is 16.3. The number of imidazole rings is 1. The Labute approximate surface area is 103 Å². The van der Waals surface area contributed by atoms with E-state index in [0.29, 0.717) is 12.2 Å². The van der Waals surface area contributed by atoms with Crippen LogP contribution >= 0.6 is 0 Å². The molecule has 2 heterocycles. The lowest BCUT2D eigenvalue weighted by molar-refractivity contribution is 0.148. The van der Waals surface area contributed by atoms with Gasteiger partial charge >= 0.3 is 0 Å². The molecule has 0 spiro atoms. The van der Waals surface area contributed by atoms with Gasteiger partial charge in [-0.25, -0.2) is 9.67 Å². The van der Waals surface area contributed by atoms with Crippen molar-refractivity contribution in [3.05, 3.63) is 42.5 Å². The third-order valence-electron chi connectivity index (χ3n) is 2.99. The first kappa shape index (κ1) is 10.9. The Kier molecular flexibility index (Phi) is 2.56. The molecule has 0 bridgehead atoms. The average Bonchev–Trinajstić information content (AvgIpc) is 2.97. The fourth-order valence-corrected chi connectivity index (χ4v) is 2.03. The number of aryl methyl sites for hydroxylation is 1.